The fourth-order valence-electron chi connectivity index (χ4n) is 2.68. The molecule has 2 aromatic heterocycles. The van der Waals surface area contributed by atoms with Crippen molar-refractivity contribution in [3.8, 4) is 11.8 Å². The molecule has 0 bridgehead atoms. The Morgan fingerprint density at radius 2 is 2.29 bits per heavy atom. The van der Waals surface area contributed by atoms with E-state index in [1.54, 1.807) is 25.4 Å². The van der Waals surface area contributed by atoms with Gasteiger partial charge in [-0.25, -0.2) is 4.98 Å². The second-order valence-corrected chi connectivity index (χ2v) is 7.05. The number of fused-ring (bicyclic) bond motifs is 1. The van der Waals surface area contributed by atoms with Crippen molar-refractivity contribution >= 4 is 39.2 Å². The summed E-state index contributed by atoms with van der Waals surface area (Å²) >= 11 is 1.26. The maximum atomic E-state index is 12.3. The van der Waals surface area contributed by atoms with Gasteiger partial charge in [0.15, 0.2) is 5.13 Å². The molecule has 3 rings (SSSR count). The first-order valence-electron chi connectivity index (χ1n) is 8.33. The van der Waals surface area contributed by atoms with Gasteiger partial charge in [0.05, 0.1) is 19.7 Å². The lowest BCUT2D eigenvalue weighted by atomic mass is 10.2. The number of ether oxygens (including phenoxy) is 1. The van der Waals surface area contributed by atoms with E-state index in [1.165, 1.54) is 11.3 Å². The first kappa shape index (κ1) is 19.2. The number of anilines is 1. The minimum atomic E-state index is -0.735. The van der Waals surface area contributed by atoms with Crippen LogP contribution in [0.5, 0.6) is 5.75 Å². The molecule has 0 saturated heterocycles. The number of carbonyl (C=O) groups excluding carboxylic acids is 2. The van der Waals surface area contributed by atoms with E-state index in [1.807, 2.05) is 18.2 Å². The van der Waals surface area contributed by atoms with Crippen molar-refractivity contribution in [1.29, 1.82) is 5.26 Å². The Morgan fingerprint density at radius 1 is 1.46 bits per heavy atom. The van der Waals surface area contributed by atoms with Gasteiger partial charge < -0.3 is 26.1 Å². The molecule has 0 unspecified atom stereocenters. The number of aromatic amines is 1. The Morgan fingerprint density at radius 3 is 2.96 bits per heavy atom. The Bertz CT molecular complexity index is 1050. The van der Waals surface area contributed by atoms with Crippen LogP contribution in [0.1, 0.15) is 15.4 Å². The summed E-state index contributed by atoms with van der Waals surface area (Å²) in [6.45, 7) is -0.256. The van der Waals surface area contributed by atoms with Crippen molar-refractivity contribution in [3.63, 3.8) is 0 Å². The number of nitrogens with one attached hydrogen (secondary N) is 3. The second-order valence-electron chi connectivity index (χ2n) is 5.91. The highest BCUT2D eigenvalue weighted by Gasteiger charge is 2.16. The van der Waals surface area contributed by atoms with Gasteiger partial charge in [0.25, 0.3) is 5.91 Å². The van der Waals surface area contributed by atoms with Crippen molar-refractivity contribution in [3.05, 3.63) is 41.0 Å². The number of amides is 2. The minimum Gasteiger partial charge on any atom is -0.496 e. The van der Waals surface area contributed by atoms with Crippen LogP contribution in [0.3, 0.4) is 0 Å². The van der Waals surface area contributed by atoms with E-state index in [2.05, 4.69) is 20.6 Å². The Labute approximate surface area is 164 Å². The summed E-state index contributed by atoms with van der Waals surface area (Å²) in [7, 11) is 1.55. The fourth-order valence-corrected chi connectivity index (χ4v) is 3.41. The zero-order chi connectivity index (χ0) is 20.1. The van der Waals surface area contributed by atoms with Crippen LogP contribution in [-0.4, -0.2) is 41.5 Å². The van der Waals surface area contributed by atoms with Crippen LogP contribution in [0.15, 0.2) is 30.5 Å². The molecular formula is C18H18N6O3S. The van der Waals surface area contributed by atoms with Crippen molar-refractivity contribution < 1.29 is 14.3 Å². The topological polar surface area (TPSA) is 146 Å². The molecule has 0 aliphatic heterocycles. The third kappa shape index (κ3) is 4.39. The van der Waals surface area contributed by atoms with Gasteiger partial charge in [-0.2, -0.15) is 5.26 Å². The quantitative estimate of drug-likeness (QED) is 0.470. The summed E-state index contributed by atoms with van der Waals surface area (Å²) in [6, 6.07) is 8.37. The molecule has 0 saturated carbocycles. The zero-order valence-electron chi connectivity index (χ0n) is 15.0. The fraction of sp³-hybridized carbons (Fsp3) is 0.222. The van der Waals surface area contributed by atoms with E-state index in [9.17, 15) is 14.9 Å². The number of nitrogen functional groups attached to an aromatic ring is 1. The summed E-state index contributed by atoms with van der Waals surface area (Å²) in [5.74, 6) is -0.255. The van der Waals surface area contributed by atoms with E-state index in [0.717, 1.165) is 15.8 Å². The molecule has 10 heteroatoms. The Kier molecular flexibility index (Phi) is 5.76. The number of aromatic nitrogens is 2. The van der Waals surface area contributed by atoms with Crippen molar-refractivity contribution in [2.45, 2.75) is 12.5 Å². The van der Waals surface area contributed by atoms with Crippen LogP contribution >= 0.6 is 11.3 Å². The SMILES string of the molecule is COc1cccc2[nH]c(C(=O)NCC(=O)N[C@H](C#N)Cc3cnc(N)s3)cc12. The number of benzene rings is 1. The Hall–Kier alpha value is -3.58. The number of hydrogen-bond donors (Lipinski definition) is 4. The van der Waals surface area contributed by atoms with E-state index < -0.39 is 17.9 Å². The van der Waals surface area contributed by atoms with E-state index in [4.69, 9.17) is 10.5 Å². The molecule has 144 valence electrons. The highest BCUT2D eigenvalue weighted by Crippen LogP contribution is 2.25. The molecule has 28 heavy (non-hydrogen) atoms. The van der Waals surface area contributed by atoms with Gasteiger partial charge in [0, 0.05) is 28.4 Å². The van der Waals surface area contributed by atoms with Crippen LogP contribution in [0.2, 0.25) is 0 Å². The molecule has 2 amide bonds. The highest BCUT2D eigenvalue weighted by atomic mass is 32.1. The molecule has 0 aliphatic carbocycles. The van der Waals surface area contributed by atoms with Crippen LogP contribution in [0, 0.1) is 11.3 Å². The first-order valence-corrected chi connectivity index (χ1v) is 9.15. The molecule has 0 radical (unpaired) electrons. The van der Waals surface area contributed by atoms with Crippen molar-refractivity contribution in [1.82, 2.24) is 20.6 Å². The maximum absolute atomic E-state index is 12.3. The molecule has 0 aliphatic rings. The molecule has 5 N–H and O–H groups in total. The van der Waals surface area contributed by atoms with Crippen LogP contribution in [0.25, 0.3) is 10.9 Å². The largest absolute Gasteiger partial charge is 0.496 e. The summed E-state index contributed by atoms with van der Waals surface area (Å²) in [5.41, 5.74) is 6.62. The smallest absolute Gasteiger partial charge is 0.268 e. The van der Waals surface area contributed by atoms with Gasteiger partial charge in [0.2, 0.25) is 5.91 Å². The number of nitrogens with zero attached hydrogens (tertiary/aromatic N) is 2. The van der Waals surface area contributed by atoms with E-state index in [-0.39, 0.29) is 6.54 Å². The number of carbonyl (C=O) groups is 2. The predicted molar refractivity (Wildman–Crippen MR) is 105 cm³/mol. The molecule has 3 aromatic rings. The van der Waals surface area contributed by atoms with Gasteiger partial charge in [-0.1, -0.05) is 6.07 Å². The summed E-state index contributed by atoms with van der Waals surface area (Å²) < 4.78 is 5.27. The van der Waals surface area contributed by atoms with E-state index >= 15 is 0 Å². The first-order chi connectivity index (χ1) is 13.5. The normalized spacial score (nSPS) is 11.6. The highest BCUT2D eigenvalue weighted by molar-refractivity contribution is 7.15. The number of nitrogens with two attached hydrogens (primary N) is 1. The zero-order valence-corrected chi connectivity index (χ0v) is 15.8. The third-order valence-corrected chi connectivity index (χ3v) is 4.81. The van der Waals surface area contributed by atoms with Crippen LogP contribution in [-0.2, 0) is 11.2 Å². The number of nitriles is 1. The molecule has 9 nitrogen and oxygen atoms in total. The monoisotopic (exact) mass is 398 g/mol. The van der Waals surface area contributed by atoms with Gasteiger partial charge >= 0.3 is 0 Å². The lowest BCUT2D eigenvalue weighted by molar-refractivity contribution is -0.120. The average molecular weight is 398 g/mol. The molecule has 0 spiro atoms. The molecular weight excluding hydrogens is 380 g/mol. The molecule has 1 atom stereocenters. The third-order valence-electron chi connectivity index (χ3n) is 3.97. The lowest BCUT2D eigenvalue weighted by Crippen LogP contribution is -2.42. The van der Waals surface area contributed by atoms with Crippen LogP contribution in [0.4, 0.5) is 5.13 Å². The maximum Gasteiger partial charge on any atom is 0.268 e. The molecule has 2 heterocycles. The summed E-state index contributed by atoms with van der Waals surface area (Å²) in [4.78, 5) is 32.1. The lowest BCUT2D eigenvalue weighted by Gasteiger charge is -2.10. The molecule has 1 aromatic carbocycles. The number of methoxy groups -OCH3 is 1. The van der Waals surface area contributed by atoms with Crippen molar-refractivity contribution in [2.24, 2.45) is 0 Å². The number of thiazole rings is 1. The van der Waals surface area contributed by atoms with Gasteiger partial charge in [-0.05, 0) is 18.2 Å². The average Bonchev–Trinajstić information content (AvgIpc) is 3.31. The van der Waals surface area contributed by atoms with Crippen LogP contribution < -0.4 is 21.1 Å². The minimum absolute atomic E-state index is 0.256. The number of hydrogen-bond acceptors (Lipinski definition) is 7. The number of rotatable bonds is 7. The van der Waals surface area contributed by atoms with Gasteiger partial charge in [-0.15, -0.1) is 11.3 Å². The van der Waals surface area contributed by atoms with E-state index in [0.29, 0.717) is 23.0 Å². The standard InChI is InChI=1S/C18H18N6O3S/c1-27-15-4-2-3-13-12(15)6-14(24-13)17(26)21-9-16(25)23-10(7-19)5-11-8-22-18(20)28-11/h2-4,6,8,10,24H,5,9H2,1H3,(H2,20,22)(H,21,26)(H,23,25)/t10-/m0/s1. The Balaban J connectivity index is 1.56. The number of H-pyrrole nitrogens is 1. The summed E-state index contributed by atoms with van der Waals surface area (Å²) in [5, 5.41) is 15.5. The second kappa shape index (κ2) is 8.41. The predicted octanol–water partition coefficient (Wildman–Crippen LogP) is 1.20. The summed E-state index contributed by atoms with van der Waals surface area (Å²) in [6.07, 6.45) is 1.87. The van der Waals surface area contributed by atoms with Gasteiger partial charge in [0.1, 0.15) is 17.5 Å². The molecule has 0 fully saturated rings. The van der Waals surface area contributed by atoms with Gasteiger partial charge in [-0.3, -0.25) is 9.59 Å². The van der Waals surface area contributed by atoms with Crippen molar-refractivity contribution in [2.75, 3.05) is 19.4 Å².